The van der Waals surface area contributed by atoms with E-state index in [9.17, 15) is 33.6 Å². The molecule has 0 aliphatic carbocycles. The minimum absolute atomic E-state index is 0.00792. The first-order valence-corrected chi connectivity index (χ1v) is 24.1. The van der Waals surface area contributed by atoms with Crippen LogP contribution in [0.4, 0.5) is 0 Å². The first-order chi connectivity index (χ1) is 31.9. The van der Waals surface area contributed by atoms with E-state index in [0.717, 1.165) is 17.2 Å². The Kier molecular flexibility index (Phi) is 19.6. The molecule has 2 heterocycles. The molecule has 0 bridgehead atoms. The van der Waals surface area contributed by atoms with E-state index >= 15 is 0 Å². The molecule has 1 unspecified atom stereocenters. The Labute approximate surface area is 404 Å². The van der Waals surface area contributed by atoms with Crippen LogP contribution >= 0.6 is 0 Å². The van der Waals surface area contributed by atoms with Crippen molar-refractivity contribution in [3.05, 3.63) is 83.9 Å². The van der Waals surface area contributed by atoms with Crippen molar-refractivity contribution in [2.45, 2.75) is 156 Å². The van der Waals surface area contributed by atoms with Crippen molar-refractivity contribution < 1.29 is 33.6 Å². The number of amides is 6. The number of hydrogen-bond donors (Lipinski definition) is 7. The molecule has 2 aromatic carbocycles. The third kappa shape index (κ3) is 15.0. The number of nitrogens with one attached hydrogen (secondary N) is 7. The number of rotatable bonds is 20. The quantitative estimate of drug-likeness (QED) is 0.0958. The molecule has 374 valence electrons. The molecular formula is C52H79N9O7. The van der Waals surface area contributed by atoms with Crippen molar-refractivity contribution in [3.63, 3.8) is 0 Å². The van der Waals surface area contributed by atoms with Crippen LogP contribution in [0.1, 0.15) is 119 Å². The second-order valence-electron chi connectivity index (χ2n) is 21.0. The van der Waals surface area contributed by atoms with Gasteiger partial charge in [0.05, 0.1) is 24.2 Å². The molecular weight excluding hydrogens is 863 g/mol. The van der Waals surface area contributed by atoms with Crippen molar-refractivity contribution in [3.8, 4) is 0 Å². The van der Waals surface area contributed by atoms with Gasteiger partial charge in [-0.05, 0) is 95.5 Å². The first kappa shape index (κ1) is 55.1. The van der Waals surface area contributed by atoms with Gasteiger partial charge < -0.3 is 47.0 Å². The number of carbonyl (C=O) groups is 7. The summed E-state index contributed by atoms with van der Waals surface area (Å²) in [4.78, 5) is 100. The van der Waals surface area contributed by atoms with Crippen LogP contribution < -0.4 is 37.2 Å². The summed E-state index contributed by atoms with van der Waals surface area (Å²) in [7, 11) is 3.51. The fraction of sp³-hybridized carbons (Fsp3) is 0.596. The number of benzene rings is 2. The summed E-state index contributed by atoms with van der Waals surface area (Å²) in [5.74, 6) is -3.07. The van der Waals surface area contributed by atoms with Gasteiger partial charge in [0.2, 0.25) is 35.4 Å². The van der Waals surface area contributed by atoms with E-state index in [1.54, 1.807) is 18.9 Å². The van der Waals surface area contributed by atoms with E-state index in [0.29, 0.717) is 0 Å². The average Bonchev–Trinajstić information content (AvgIpc) is 3.92. The number of allylic oxidation sites excluding steroid dienone is 1. The molecule has 68 heavy (non-hydrogen) atoms. The summed E-state index contributed by atoms with van der Waals surface area (Å²) < 4.78 is 0. The Morgan fingerprint density at radius 1 is 0.618 bits per heavy atom. The van der Waals surface area contributed by atoms with E-state index in [1.807, 2.05) is 137 Å². The number of hydrogen-bond acceptors (Lipinski definition) is 10. The Hall–Kier alpha value is -5.45. The highest BCUT2D eigenvalue weighted by Gasteiger charge is 2.47. The zero-order valence-electron chi connectivity index (χ0n) is 42.6. The van der Waals surface area contributed by atoms with Crippen LogP contribution in [0.3, 0.4) is 0 Å². The molecule has 0 saturated carbocycles. The molecule has 0 aromatic heterocycles. The monoisotopic (exact) mass is 942 g/mol. The molecule has 11 atom stereocenters. The van der Waals surface area contributed by atoms with Crippen LogP contribution in [0, 0.1) is 16.7 Å². The molecule has 2 fully saturated rings. The number of ketones is 1. The van der Waals surface area contributed by atoms with Gasteiger partial charge in [-0.25, -0.2) is 0 Å². The van der Waals surface area contributed by atoms with E-state index in [2.05, 4.69) is 37.2 Å². The predicted octanol–water partition coefficient (Wildman–Crippen LogP) is 3.70. The van der Waals surface area contributed by atoms with Gasteiger partial charge in [-0.15, -0.1) is 0 Å². The van der Waals surface area contributed by atoms with E-state index in [-0.39, 0.29) is 85.9 Å². The van der Waals surface area contributed by atoms with Gasteiger partial charge in [0.25, 0.3) is 0 Å². The van der Waals surface area contributed by atoms with E-state index in [4.69, 9.17) is 0 Å². The van der Waals surface area contributed by atoms with Crippen LogP contribution in [-0.2, 0) is 33.6 Å². The summed E-state index contributed by atoms with van der Waals surface area (Å²) in [5, 5.41) is 21.5. The molecule has 0 spiro atoms. The fourth-order valence-corrected chi connectivity index (χ4v) is 8.76. The molecule has 2 aliphatic heterocycles. The molecule has 7 N–H and O–H groups in total. The minimum atomic E-state index is -0.986. The zero-order chi connectivity index (χ0) is 50.7. The normalized spacial score (nSPS) is 21.8. The van der Waals surface area contributed by atoms with Crippen LogP contribution in [-0.4, -0.2) is 127 Å². The summed E-state index contributed by atoms with van der Waals surface area (Å²) in [5.41, 5.74) is 0.555. The van der Waals surface area contributed by atoms with Crippen molar-refractivity contribution in [1.82, 2.24) is 47.0 Å². The number of nitrogens with zero attached hydrogens (tertiary/aromatic N) is 2. The van der Waals surface area contributed by atoms with Crippen LogP contribution in [0.5, 0.6) is 0 Å². The second kappa shape index (κ2) is 24.2. The van der Waals surface area contributed by atoms with Gasteiger partial charge in [-0.1, -0.05) is 102 Å². The van der Waals surface area contributed by atoms with Gasteiger partial charge in [-0.3, -0.25) is 33.6 Å². The molecule has 4 rings (SSSR count). The Balaban J connectivity index is 1.51. The van der Waals surface area contributed by atoms with Gasteiger partial charge >= 0.3 is 0 Å². The third-order valence-electron chi connectivity index (χ3n) is 13.4. The molecule has 0 radical (unpaired) electrons. The predicted molar refractivity (Wildman–Crippen MR) is 265 cm³/mol. The average molecular weight is 942 g/mol. The largest absolute Gasteiger partial charge is 0.348 e. The molecule has 6 amide bonds. The third-order valence-corrected chi connectivity index (χ3v) is 13.4. The lowest BCUT2D eigenvalue weighted by Gasteiger charge is -2.38. The smallest absolute Gasteiger partial charge is 0.246 e. The maximum absolute atomic E-state index is 14.6. The van der Waals surface area contributed by atoms with Crippen LogP contribution in [0.15, 0.2) is 72.8 Å². The lowest BCUT2D eigenvalue weighted by atomic mass is 9.84. The van der Waals surface area contributed by atoms with E-state index < -0.39 is 64.8 Å². The summed E-state index contributed by atoms with van der Waals surface area (Å²) in [6.45, 7) is 21.1. The fourth-order valence-electron chi connectivity index (χ4n) is 8.76. The SMILES string of the molecule is CN[C@@H](C)C(=O)N[C@H](C(=O)N1C[C@@H](NC(=O)/C=C/C(=O)C[C@H]2C[C@@H](C(=O)N[C@H](C)c3ccccc3)N(C(=O)[C@@H](NC(C)[C@H](C)NC)C(C)(C)C)C2)C[C@H]1C(=O)N[C@H](C)c1ccccc1)C(C)(C)C. The first-order valence-electron chi connectivity index (χ1n) is 24.1. The number of likely N-dealkylation sites (N-methyl/N-ethyl adjacent to an activating group) is 2. The van der Waals surface area contributed by atoms with Crippen molar-refractivity contribution in [2.24, 2.45) is 16.7 Å². The maximum atomic E-state index is 14.6. The topological polar surface area (TPSA) is 210 Å². The Morgan fingerprint density at radius 3 is 1.59 bits per heavy atom. The highest BCUT2D eigenvalue weighted by atomic mass is 16.2. The molecule has 2 aromatic rings. The van der Waals surface area contributed by atoms with Gasteiger partial charge in [0.1, 0.15) is 18.1 Å². The molecule has 16 heteroatoms. The van der Waals surface area contributed by atoms with Gasteiger partial charge in [0.15, 0.2) is 5.78 Å². The summed E-state index contributed by atoms with van der Waals surface area (Å²) >= 11 is 0. The second-order valence-corrected chi connectivity index (χ2v) is 21.0. The minimum Gasteiger partial charge on any atom is -0.348 e. The van der Waals surface area contributed by atoms with Gasteiger partial charge in [0, 0.05) is 43.7 Å². The van der Waals surface area contributed by atoms with Crippen LogP contribution in [0.2, 0.25) is 0 Å². The summed E-state index contributed by atoms with van der Waals surface area (Å²) in [6.07, 6.45) is 2.69. The summed E-state index contributed by atoms with van der Waals surface area (Å²) in [6, 6.07) is 13.6. The number of carbonyl (C=O) groups excluding carboxylic acids is 7. The van der Waals surface area contributed by atoms with Gasteiger partial charge in [-0.2, -0.15) is 0 Å². The highest BCUT2D eigenvalue weighted by molar-refractivity contribution is 5.99. The standard InChI is InChI=1S/C52H79N9O7/c1-31(53-12)32(2)55-44(51(6,7)8)49(67)60-29-36(27-41(60)47(65)56-33(3)37-20-16-14-17-21-37)26-40(62)24-25-43(63)58-39-28-42(48(66)57-34(4)38-22-18-15-19-23-38)61(30-39)50(68)45(52(9,10)11)59-46(64)35(5)54-13/h14-25,31-36,39,41-42,44-45,53-55H,26-30H2,1-13H3,(H,56,65)(H,57,66)(H,58,63)(H,59,64)/b25-24+/t31-,32?,33+,34+,35-,36-,39-,41-,42-,44+,45+/m0/s1. The molecule has 2 aliphatic rings. The maximum Gasteiger partial charge on any atom is 0.246 e. The van der Waals surface area contributed by atoms with Crippen molar-refractivity contribution in [1.29, 1.82) is 0 Å². The van der Waals surface area contributed by atoms with Crippen molar-refractivity contribution >= 4 is 41.2 Å². The van der Waals surface area contributed by atoms with E-state index in [1.165, 1.54) is 11.0 Å². The Morgan fingerprint density at radius 2 is 1.10 bits per heavy atom. The lowest BCUT2D eigenvalue weighted by molar-refractivity contribution is -0.144. The lowest BCUT2D eigenvalue weighted by Crippen LogP contribution is -2.60. The zero-order valence-corrected chi connectivity index (χ0v) is 42.6. The number of likely N-dealkylation sites (tertiary alicyclic amines) is 2. The molecule has 2 saturated heterocycles. The molecule has 16 nitrogen and oxygen atoms in total. The van der Waals surface area contributed by atoms with Crippen molar-refractivity contribution in [2.75, 3.05) is 27.2 Å². The van der Waals surface area contributed by atoms with Crippen LogP contribution in [0.25, 0.3) is 0 Å². The Bertz CT molecular complexity index is 2090. The highest BCUT2D eigenvalue weighted by Crippen LogP contribution is 2.32.